The van der Waals surface area contributed by atoms with E-state index < -0.39 is 0 Å². The lowest BCUT2D eigenvalue weighted by Crippen LogP contribution is -2.30. The average molecular weight is 196 g/mol. The van der Waals surface area contributed by atoms with E-state index in [1.807, 2.05) is 24.5 Å². The topological polar surface area (TPSA) is 56.3 Å². The Balaban J connectivity index is 2.12. The smallest absolute Gasteiger partial charge is 0.0754 e. The van der Waals surface area contributed by atoms with Crippen LogP contribution in [-0.2, 0) is 11.9 Å². The van der Waals surface area contributed by atoms with Crippen LogP contribution in [0.15, 0.2) is 12.4 Å². The number of hydrogen-bond acceptors (Lipinski definition) is 4. The van der Waals surface area contributed by atoms with Gasteiger partial charge in [0.25, 0.3) is 0 Å². The van der Waals surface area contributed by atoms with Crippen LogP contribution < -0.4 is 5.73 Å². The van der Waals surface area contributed by atoms with Gasteiger partial charge in [0.2, 0.25) is 0 Å². The van der Waals surface area contributed by atoms with Crippen molar-refractivity contribution in [2.24, 2.45) is 12.8 Å². The predicted molar refractivity (Wildman–Crippen MR) is 52.3 cm³/mol. The van der Waals surface area contributed by atoms with Gasteiger partial charge in [-0.25, -0.2) is 0 Å². The molecular weight excluding hydrogens is 180 g/mol. The van der Waals surface area contributed by atoms with Crippen LogP contribution in [0.5, 0.6) is 0 Å². The molecule has 78 valence electrons. The molecule has 0 saturated carbocycles. The number of aryl methyl sites for hydroxylation is 1. The van der Waals surface area contributed by atoms with E-state index in [2.05, 4.69) is 5.10 Å². The molecule has 0 aromatic carbocycles. The third-order valence-electron chi connectivity index (χ3n) is 2.46. The van der Waals surface area contributed by atoms with Crippen molar-refractivity contribution in [2.75, 3.05) is 19.7 Å². The molecule has 5 nitrogen and oxygen atoms in total. The van der Waals surface area contributed by atoms with Gasteiger partial charge in [-0.1, -0.05) is 0 Å². The van der Waals surface area contributed by atoms with Crippen LogP contribution in [-0.4, -0.2) is 34.5 Å². The van der Waals surface area contributed by atoms with Gasteiger partial charge in [0.1, 0.15) is 0 Å². The molecular formula is C9H16N4O. The number of nitrogens with two attached hydrogens (primary N) is 1. The Labute approximate surface area is 83.4 Å². The van der Waals surface area contributed by atoms with E-state index in [0.717, 1.165) is 25.1 Å². The molecule has 2 heterocycles. The van der Waals surface area contributed by atoms with Gasteiger partial charge in [-0.15, -0.1) is 0 Å². The van der Waals surface area contributed by atoms with Crippen LogP contribution >= 0.6 is 0 Å². The molecule has 0 bridgehead atoms. The maximum atomic E-state index is 5.74. The lowest BCUT2D eigenvalue weighted by atomic mass is 10.1. The molecule has 14 heavy (non-hydrogen) atoms. The molecule has 1 saturated heterocycles. The SMILES string of the molecule is Cn1cc(C(CN)N2CCCO2)cn1. The van der Waals surface area contributed by atoms with Gasteiger partial charge >= 0.3 is 0 Å². The maximum absolute atomic E-state index is 5.74. The zero-order valence-electron chi connectivity index (χ0n) is 8.39. The van der Waals surface area contributed by atoms with Crippen molar-refractivity contribution in [2.45, 2.75) is 12.5 Å². The Morgan fingerprint density at radius 1 is 1.71 bits per heavy atom. The monoisotopic (exact) mass is 196 g/mol. The minimum Gasteiger partial charge on any atom is -0.329 e. The van der Waals surface area contributed by atoms with Gasteiger partial charge in [-0.2, -0.15) is 10.2 Å². The van der Waals surface area contributed by atoms with Crippen molar-refractivity contribution >= 4 is 0 Å². The first-order valence-corrected chi connectivity index (χ1v) is 4.89. The average Bonchev–Trinajstić information content (AvgIpc) is 2.79. The Kier molecular flexibility index (Phi) is 2.81. The fourth-order valence-corrected chi connectivity index (χ4v) is 1.74. The van der Waals surface area contributed by atoms with Gasteiger partial charge in [-0.3, -0.25) is 9.52 Å². The van der Waals surface area contributed by atoms with Gasteiger partial charge in [0.15, 0.2) is 0 Å². The van der Waals surface area contributed by atoms with Crippen molar-refractivity contribution in [1.82, 2.24) is 14.8 Å². The van der Waals surface area contributed by atoms with E-state index in [4.69, 9.17) is 10.6 Å². The summed E-state index contributed by atoms with van der Waals surface area (Å²) < 4.78 is 1.79. The number of hydrogen-bond donors (Lipinski definition) is 1. The molecule has 2 rings (SSSR count). The Hall–Kier alpha value is -0.910. The fourth-order valence-electron chi connectivity index (χ4n) is 1.74. The summed E-state index contributed by atoms with van der Waals surface area (Å²) in [6.07, 6.45) is 4.91. The van der Waals surface area contributed by atoms with Crippen LogP contribution in [0.1, 0.15) is 18.0 Å². The lowest BCUT2D eigenvalue weighted by molar-refractivity contribution is -0.140. The van der Waals surface area contributed by atoms with Gasteiger partial charge < -0.3 is 5.73 Å². The zero-order valence-corrected chi connectivity index (χ0v) is 8.39. The molecule has 1 aromatic heterocycles. The van der Waals surface area contributed by atoms with E-state index in [1.54, 1.807) is 4.68 Å². The molecule has 5 heteroatoms. The molecule has 2 N–H and O–H groups in total. The summed E-state index contributed by atoms with van der Waals surface area (Å²) in [7, 11) is 1.90. The van der Waals surface area contributed by atoms with Crippen molar-refractivity contribution in [3.63, 3.8) is 0 Å². The van der Waals surface area contributed by atoms with Crippen LogP contribution in [0, 0.1) is 0 Å². The van der Waals surface area contributed by atoms with Crippen LogP contribution in [0.3, 0.4) is 0 Å². The quantitative estimate of drug-likeness (QED) is 0.742. The molecule has 0 amide bonds. The minimum absolute atomic E-state index is 0.145. The Morgan fingerprint density at radius 2 is 2.57 bits per heavy atom. The molecule has 1 aromatic rings. The summed E-state index contributed by atoms with van der Waals surface area (Å²) in [6.45, 7) is 2.32. The molecule has 1 aliphatic heterocycles. The first-order chi connectivity index (χ1) is 6.81. The van der Waals surface area contributed by atoms with E-state index >= 15 is 0 Å². The van der Waals surface area contributed by atoms with Crippen molar-refractivity contribution in [3.8, 4) is 0 Å². The molecule has 1 atom stereocenters. The number of nitrogens with zero attached hydrogens (tertiary/aromatic N) is 3. The van der Waals surface area contributed by atoms with E-state index in [9.17, 15) is 0 Å². The minimum atomic E-state index is 0.145. The fraction of sp³-hybridized carbons (Fsp3) is 0.667. The van der Waals surface area contributed by atoms with Crippen molar-refractivity contribution in [3.05, 3.63) is 18.0 Å². The van der Waals surface area contributed by atoms with Gasteiger partial charge in [0.05, 0.1) is 18.8 Å². The van der Waals surface area contributed by atoms with E-state index in [-0.39, 0.29) is 6.04 Å². The molecule has 0 radical (unpaired) electrons. The van der Waals surface area contributed by atoms with Gasteiger partial charge in [0, 0.05) is 31.9 Å². The van der Waals surface area contributed by atoms with Crippen LogP contribution in [0.2, 0.25) is 0 Å². The standard InChI is InChI=1S/C9H16N4O/c1-12-7-8(6-11-12)9(5-10)13-3-2-4-14-13/h6-7,9H,2-5,10H2,1H3. The zero-order chi connectivity index (χ0) is 9.97. The summed E-state index contributed by atoms with van der Waals surface area (Å²) >= 11 is 0. The highest BCUT2D eigenvalue weighted by Gasteiger charge is 2.24. The summed E-state index contributed by atoms with van der Waals surface area (Å²) in [5.41, 5.74) is 6.86. The Morgan fingerprint density at radius 3 is 3.07 bits per heavy atom. The second kappa shape index (κ2) is 4.08. The lowest BCUT2D eigenvalue weighted by Gasteiger charge is -2.23. The van der Waals surface area contributed by atoms with E-state index in [1.165, 1.54) is 0 Å². The first-order valence-electron chi connectivity index (χ1n) is 4.89. The highest BCUT2D eigenvalue weighted by molar-refractivity contribution is 5.10. The third kappa shape index (κ3) is 1.79. The summed E-state index contributed by atoms with van der Waals surface area (Å²) in [5, 5.41) is 6.09. The molecule has 1 fully saturated rings. The number of aromatic nitrogens is 2. The second-order valence-electron chi connectivity index (χ2n) is 3.53. The van der Waals surface area contributed by atoms with Crippen LogP contribution in [0.4, 0.5) is 0 Å². The van der Waals surface area contributed by atoms with Gasteiger partial charge in [-0.05, 0) is 6.42 Å². The highest BCUT2D eigenvalue weighted by Crippen LogP contribution is 2.22. The molecule has 1 aliphatic rings. The normalized spacial score (nSPS) is 20.1. The predicted octanol–water partition coefficient (Wildman–Crippen LogP) is 0.0572. The Bertz CT molecular complexity index is 293. The summed E-state index contributed by atoms with van der Waals surface area (Å²) in [4.78, 5) is 5.49. The second-order valence-corrected chi connectivity index (χ2v) is 3.53. The van der Waals surface area contributed by atoms with E-state index in [0.29, 0.717) is 6.54 Å². The van der Waals surface area contributed by atoms with Crippen LogP contribution in [0.25, 0.3) is 0 Å². The number of rotatable bonds is 3. The van der Waals surface area contributed by atoms with Crippen molar-refractivity contribution in [1.29, 1.82) is 0 Å². The number of hydroxylamine groups is 2. The molecule has 0 aliphatic carbocycles. The molecule has 1 unspecified atom stereocenters. The summed E-state index contributed by atoms with van der Waals surface area (Å²) in [5.74, 6) is 0. The summed E-state index contributed by atoms with van der Waals surface area (Å²) in [6, 6.07) is 0.145. The first kappa shape index (κ1) is 9.64. The highest BCUT2D eigenvalue weighted by atomic mass is 16.7. The third-order valence-corrected chi connectivity index (χ3v) is 2.46. The largest absolute Gasteiger partial charge is 0.329 e. The van der Waals surface area contributed by atoms with Crippen molar-refractivity contribution < 1.29 is 4.84 Å². The molecule has 0 spiro atoms. The maximum Gasteiger partial charge on any atom is 0.0754 e.